The molecule has 0 amide bonds. The first kappa shape index (κ1) is 23.9. The van der Waals surface area contributed by atoms with Crippen molar-refractivity contribution in [2.45, 2.75) is 61.1 Å². The molecule has 2 aromatic rings. The van der Waals surface area contributed by atoms with Crippen molar-refractivity contribution < 1.29 is 13.2 Å². The van der Waals surface area contributed by atoms with Crippen molar-refractivity contribution in [2.75, 3.05) is 5.73 Å². The molecule has 0 aromatic carbocycles. The van der Waals surface area contributed by atoms with Crippen molar-refractivity contribution in [3.05, 3.63) is 40.8 Å². The first-order valence-corrected chi connectivity index (χ1v) is 10.3. The molecule has 0 aliphatic heterocycles. The molecule has 0 bridgehead atoms. The number of rotatable bonds is 4. The van der Waals surface area contributed by atoms with Crippen molar-refractivity contribution in [1.82, 2.24) is 9.97 Å². The molecule has 2 heterocycles. The van der Waals surface area contributed by atoms with E-state index in [-0.39, 0.29) is 16.0 Å². The van der Waals surface area contributed by atoms with Crippen LogP contribution in [0.3, 0.4) is 0 Å². The zero-order valence-corrected chi connectivity index (χ0v) is 18.2. The molecule has 27 heavy (non-hydrogen) atoms. The first-order valence-electron chi connectivity index (χ1n) is 8.19. The molecule has 0 fully saturated rings. The number of pyridine rings is 2. The molecule has 0 saturated heterocycles. The van der Waals surface area contributed by atoms with Gasteiger partial charge in [-0.1, -0.05) is 39.3 Å². The van der Waals surface area contributed by atoms with Crippen molar-refractivity contribution >= 4 is 40.9 Å². The molecule has 9 heteroatoms. The normalized spacial score (nSPS) is 11.5. The lowest BCUT2D eigenvalue weighted by Gasteiger charge is -2.13. The average Bonchev–Trinajstić information content (AvgIpc) is 2.50. The van der Waals surface area contributed by atoms with Crippen LogP contribution in [0.5, 0.6) is 0 Å². The summed E-state index contributed by atoms with van der Waals surface area (Å²) < 4.78 is 37.6. The van der Waals surface area contributed by atoms with Crippen molar-refractivity contribution in [3.8, 4) is 0 Å². The zero-order chi connectivity index (χ0) is 20.8. The second-order valence-corrected chi connectivity index (χ2v) is 9.76. The van der Waals surface area contributed by atoms with Crippen LogP contribution in [0.4, 0.5) is 19.0 Å². The van der Waals surface area contributed by atoms with E-state index in [1.807, 2.05) is 26.8 Å². The predicted molar refractivity (Wildman–Crippen MR) is 110 cm³/mol. The monoisotopic (exact) mass is 437 g/mol. The summed E-state index contributed by atoms with van der Waals surface area (Å²) in [6, 6.07) is 3.22. The molecule has 0 aliphatic carbocycles. The number of nitrogens with zero attached hydrogens (tertiary/aromatic N) is 2. The van der Waals surface area contributed by atoms with Gasteiger partial charge in [-0.3, -0.25) is 4.98 Å². The number of nitrogen functional groups attached to an aromatic ring is 1. The lowest BCUT2D eigenvalue weighted by atomic mass is 10.3. The number of aryl methyl sites for hydroxylation is 1. The molecular weight excluding hydrogens is 415 g/mol. The van der Waals surface area contributed by atoms with Crippen LogP contribution >= 0.6 is 35.1 Å². The van der Waals surface area contributed by atoms with E-state index in [1.54, 1.807) is 18.0 Å². The number of hydrogen-bond donors (Lipinski definition) is 1. The van der Waals surface area contributed by atoms with Gasteiger partial charge in [0.1, 0.15) is 5.82 Å². The van der Waals surface area contributed by atoms with Crippen LogP contribution in [0, 0.1) is 6.92 Å². The van der Waals surface area contributed by atoms with Crippen LogP contribution in [-0.2, 0) is 6.18 Å². The quantitative estimate of drug-likeness (QED) is 0.537. The van der Waals surface area contributed by atoms with Crippen LogP contribution in [-0.4, -0.2) is 20.5 Å². The van der Waals surface area contributed by atoms with Gasteiger partial charge in [-0.05, 0) is 19.1 Å². The van der Waals surface area contributed by atoms with E-state index in [9.17, 15) is 13.2 Å². The molecule has 2 N–H and O–H groups in total. The molecule has 0 spiro atoms. The highest BCUT2D eigenvalue weighted by molar-refractivity contribution is 8.00. The van der Waals surface area contributed by atoms with Gasteiger partial charge >= 0.3 is 6.18 Å². The molecule has 0 atom stereocenters. The van der Waals surface area contributed by atoms with Crippen LogP contribution < -0.4 is 5.73 Å². The van der Waals surface area contributed by atoms with Gasteiger partial charge in [0.25, 0.3) is 0 Å². The number of hydrogen-bond acceptors (Lipinski definition) is 5. The maximum atomic E-state index is 12.5. The molecule has 3 nitrogen and oxygen atoms in total. The van der Waals surface area contributed by atoms with Crippen LogP contribution in [0.25, 0.3) is 0 Å². The number of alkyl halides is 3. The van der Waals surface area contributed by atoms with E-state index >= 15 is 0 Å². The number of anilines is 1. The fraction of sp³-hybridized carbons (Fsp3) is 0.444. The van der Waals surface area contributed by atoms with Crippen molar-refractivity contribution in [2.24, 2.45) is 0 Å². The van der Waals surface area contributed by atoms with Gasteiger partial charge in [0.05, 0.1) is 16.3 Å². The molecule has 0 radical (unpaired) electrons. The van der Waals surface area contributed by atoms with E-state index in [4.69, 9.17) is 17.3 Å². The van der Waals surface area contributed by atoms with E-state index in [0.29, 0.717) is 5.25 Å². The molecule has 2 aromatic heterocycles. The Balaban J connectivity index is 0.000000277. The highest BCUT2D eigenvalue weighted by Gasteiger charge is 2.34. The van der Waals surface area contributed by atoms with Gasteiger partial charge in [0.15, 0.2) is 0 Å². The van der Waals surface area contributed by atoms with Gasteiger partial charge in [0, 0.05) is 32.7 Å². The summed E-state index contributed by atoms with van der Waals surface area (Å²) in [6.45, 7) is 9.86. The lowest BCUT2D eigenvalue weighted by molar-refractivity contribution is -0.140. The standard InChI is InChI=1S/C9H12ClNS.C9H11F3N2S/c1-6(2)12-8-4-5-11-7(3)9(8)10;1-5(2)15-7-3-8(13)14-4-6(7)9(10,11)12/h4-6H,1-3H3;3-5H,1-2H3,(H2,13,14). The molecule has 2 rings (SSSR count). The number of halogens is 4. The van der Waals surface area contributed by atoms with Crippen molar-refractivity contribution in [1.29, 1.82) is 0 Å². The van der Waals surface area contributed by atoms with Gasteiger partial charge < -0.3 is 5.73 Å². The Hall–Kier alpha value is -1.12. The topological polar surface area (TPSA) is 51.8 Å². The molecule has 0 saturated carbocycles. The van der Waals surface area contributed by atoms with Crippen LogP contribution in [0.15, 0.2) is 34.3 Å². The SMILES string of the molecule is CC(C)Sc1cc(N)ncc1C(F)(F)F.Cc1nccc(SC(C)C)c1Cl. The Morgan fingerprint density at radius 3 is 2.11 bits per heavy atom. The zero-order valence-electron chi connectivity index (χ0n) is 15.8. The summed E-state index contributed by atoms with van der Waals surface area (Å²) >= 11 is 8.95. The summed E-state index contributed by atoms with van der Waals surface area (Å²) in [5.74, 6) is 0.103. The van der Waals surface area contributed by atoms with Crippen molar-refractivity contribution in [3.63, 3.8) is 0 Å². The summed E-state index contributed by atoms with van der Waals surface area (Å²) in [7, 11) is 0. The van der Waals surface area contributed by atoms with E-state index < -0.39 is 11.7 Å². The summed E-state index contributed by atoms with van der Waals surface area (Å²) in [4.78, 5) is 8.81. The summed E-state index contributed by atoms with van der Waals surface area (Å²) in [5.41, 5.74) is 5.53. The molecule has 0 unspecified atom stereocenters. The van der Waals surface area contributed by atoms with E-state index in [1.165, 1.54) is 6.07 Å². The Bertz CT molecular complexity index is 753. The highest BCUT2D eigenvalue weighted by atomic mass is 35.5. The number of thioether (sulfide) groups is 2. The molecule has 0 aliphatic rings. The largest absolute Gasteiger partial charge is 0.418 e. The van der Waals surface area contributed by atoms with Crippen LogP contribution in [0.1, 0.15) is 39.0 Å². The minimum absolute atomic E-state index is 0.0629. The van der Waals surface area contributed by atoms with E-state index in [0.717, 1.165) is 33.6 Å². The Labute approximate surface area is 171 Å². The molecule has 150 valence electrons. The van der Waals surface area contributed by atoms with Crippen LogP contribution in [0.2, 0.25) is 5.02 Å². The molecular formula is C18H23ClF3N3S2. The smallest absolute Gasteiger partial charge is 0.384 e. The van der Waals surface area contributed by atoms with Gasteiger partial charge in [-0.15, -0.1) is 23.5 Å². The Kier molecular flexibility index (Phi) is 9.24. The van der Waals surface area contributed by atoms with Gasteiger partial charge in [-0.2, -0.15) is 13.2 Å². The second kappa shape index (κ2) is 10.4. The first-order chi connectivity index (χ1) is 12.4. The Morgan fingerprint density at radius 2 is 1.59 bits per heavy atom. The second-order valence-electron chi connectivity index (χ2n) is 6.14. The number of aromatic nitrogens is 2. The predicted octanol–water partition coefficient (Wildman–Crippen LogP) is 6.73. The Morgan fingerprint density at radius 1 is 1.04 bits per heavy atom. The third-order valence-corrected chi connectivity index (χ3v) is 5.66. The maximum absolute atomic E-state index is 12.5. The van der Waals surface area contributed by atoms with Gasteiger partial charge in [-0.25, -0.2) is 4.98 Å². The highest BCUT2D eigenvalue weighted by Crippen LogP contribution is 2.38. The van der Waals surface area contributed by atoms with E-state index in [2.05, 4.69) is 23.8 Å². The fourth-order valence-electron chi connectivity index (χ4n) is 1.89. The third kappa shape index (κ3) is 8.19. The van der Waals surface area contributed by atoms with Gasteiger partial charge in [0.2, 0.25) is 0 Å². The minimum Gasteiger partial charge on any atom is -0.384 e. The third-order valence-electron chi connectivity index (χ3n) is 2.95. The average molecular weight is 438 g/mol. The summed E-state index contributed by atoms with van der Waals surface area (Å²) in [5, 5.41) is 1.41. The minimum atomic E-state index is -4.38. The maximum Gasteiger partial charge on any atom is 0.418 e. The number of nitrogens with two attached hydrogens (primary N) is 1. The lowest BCUT2D eigenvalue weighted by Crippen LogP contribution is -2.09. The summed E-state index contributed by atoms with van der Waals surface area (Å²) in [6.07, 6.45) is -1.80. The fourth-order valence-corrected chi connectivity index (χ4v) is 4.02.